The van der Waals surface area contributed by atoms with Crippen LogP contribution in [-0.4, -0.2) is 69.3 Å². The molecule has 0 aliphatic carbocycles. The molecule has 3 aromatic rings. The lowest BCUT2D eigenvalue weighted by atomic mass is 9.87. The molecule has 2 aliphatic heterocycles. The average Bonchev–Trinajstić information content (AvgIpc) is 3.52. The van der Waals surface area contributed by atoms with Crippen molar-refractivity contribution in [2.75, 3.05) is 26.3 Å². The zero-order valence-electron chi connectivity index (χ0n) is 27.2. The quantitative estimate of drug-likeness (QED) is 0.205. The molecule has 282 valence electrons. The van der Waals surface area contributed by atoms with Gasteiger partial charge >= 0.3 is 12.4 Å². The van der Waals surface area contributed by atoms with Gasteiger partial charge in [0, 0.05) is 57.2 Å². The minimum atomic E-state index is -6.26. The van der Waals surface area contributed by atoms with E-state index < -0.39 is 103 Å². The van der Waals surface area contributed by atoms with Crippen LogP contribution >= 0.6 is 0 Å². The molecule has 0 radical (unpaired) electrons. The molecular weight excluding hydrogens is 735 g/mol. The predicted octanol–water partition coefficient (Wildman–Crippen LogP) is 6.23. The highest BCUT2D eigenvalue weighted by Gasteiger charge is 2.73. The Kier molecular flexibility index (Phi) is 10.5. The molecule has 0 saturated carbocycles. The summed E-state index contributed by atoms with van der Waals surface area (Å²) in [7, 11) is -4.70. The van der Waals surface area contributed by atoms with E-state index >= 15 is 0 Å². The van der Waals surface area contributed by atoms with Crippen LogP contribution in [0.3, 0.4) is 0 Å². The molecule has 5 rings (SSSR count). The highest BCUT2D eigenvalue weighted by molar-refractivity contribution is 7.92. The Bertz CT molecular complexity index is 1880. The van der Waals surface area contributed by atoms with E-state index in [1.165, 1.54) is 6.92 Å². The van der Waals surface area contributed by atoms with Crippen LogP contribution in [-0.2, 0) is 45.9 Å². The Balaban J connectivity index is 1.62. The van der Waals surface area contributed by atoms with Crippen LogP contribution in [0.25, 0.3) is 0 Å². The van der Waals surface area contributed by atoms with Crippen LogP contribution in [0.1, 0.15) is 42.9 Å². The summed E-state index contributed by atoms with van der Waals surface area (Å²) in [5.41, 5.74) is -9.73. The number of halogens is 9. The molecule has 8 nitrogen and oxygen atoms in total. The minimum absolute atomic E-state index is 0.0298. The highest BCUT2D eigenvalue weighted by Crippen LogP contribution is 2.54. The van der Waals surface area contributed by atoms with Crippen LogP contribution < -0.4 is 5.32 Å². The van der Waals surface area contributed by atoms with E-state index in [1.807, 2.05) is 0 Å². The van der Waals surface area contributed by atoms with Gasteiger partial charge in [-0.25, -0.2) is 21.6 Å². The summed E-state index contributed by atoms with van der Waals surface area (Å²) in [5, 5.41) is 2.62. The van der Waals surface area contributed by atoms with Crippen molar-refractivity contribution in [3.8, 4) is 0 Å². The van der Waals surface area contributed by atoms with Crippen molar-refractivity contribution in [1.29, 1.82) is 0 Å². The summed E-state index contributed by atoms with van der Waals surface area (Å²) in [6, 6.07) is 7.74. The van der Waals surface area contributed by atoms with E-state index in [2.05, 4.69) is 10.1 Å². The van der Waals surface area contributed by atoms with Gasteiger partial charge in [0.1, 0.15) is 27.7 Å². The molecule has 2 fully saturated rings. The summed E-state index contributed by atoms with van der Waals surface area (Å²) >= 11 is 0. The smallest absolute Gasteiger partial charge is 0.381 e. The van der Waals surface area contributed by atoms with E-state index in [9.17, 15) is 57.5 Å². The van der Waals surface area contributed by atoms with Gasteiger partial charge in [-0.1, -0.05) is 30.3 Å². The first-order valence-corrected chi connectivity index (χ1v) is 17.2. The molecule has 18 heteroatoms. The first-order chi connectivity index (χ1) is 24.2. The van der Waals surface area contributed by atoms with Gasteiger partial charge in [-0.3, -0.25) is 9.59 Å². The zero-order chi connectivity index (χ0) is 38.3. The lowest BCUT2D eigenvalue weighted by Gasteiger charge is -2.39. The number of carbonyl (C=O) groups excluding carboxylic acids is 2. The maximum atomic E-state index is 14.6. The monoisotopic (exact) mass is 766 g/mol. The number of hydrogen-bond donors (Lipinski definition) is 1. The van der Waals surface area contributed by atoms with Crippen molar-refractivity contribution in [3.05, 3.63) is 101 Å². The van der Waals surface area contributed by atoms with Gasteiger partial charge in [-0.2, -0.15) is 26.3 Å². The van der Waals surface area contributed by atoms with Gasteiger partial charge in [0.25, 0.3) is 5.60 Å². The summed E-state index contributed by atoms with van der Waals surface area (Å²) in [6.07, 6.45) is -12.9. The fourth-order valence-electron chi connectivity index (χ4n) is 6.75. The van der Waals surface area contributed by atoms with Crippen molar-refractivity contribution in [1.82, 2.24) is 10.2 Å². The van der Waals surface area contributed by atoms with Crippen LogP contribution in [0.15, 0.2) is 71.6 Å². The van der Waals surface area contributed by atoms with E-state index in [-0.39, 0.29) is 38.2 Å². The standard InChI is InChI=1S/C34H31F9N2O6S/c1-21(46)44-30(14-17-50-18-15-30)29(47)45-16-13-31(20-45,52(48,49)25-11-9-24(35)10-12-25)22-5-7-23(8-6-22)32(33(38,39)40,34(41,42)43)51-19-26-27(36)3-2-4-28(26)37/h2-12H,13-20H2,1H3,(H,44,46). The van der Waals surface area contributed by atoms with Crippen LogP contribution in [0.4, 0.5) is 39.5 Å². The second kappa shape index (κ2) is 14.0. The number of likely N-dealkylation sites (tertiary alicyclic amines) is 1. The summed E-state index contributed by atoms with van der Waals surface area (Å²) in [6.45, 7) is -1.38. The first-order valence-electron chi connectivity index (χ1n) is 15.7. The second-order valence-corrected chi connectivity index (χ2v) is 14.8. The summed E-state index contributed by atoms with van der Waals surface area (Å²) in [5.74, 6) is -4.96. The van der Waals surface area contributed by atoms with Crippen molar-refractivity contribution >= 4 is 21.7 Å². The van der Waals surface area contributed by atoms with Crippen LogP contribution in [0, 0.1) is 17.5 Å². The van der Waals surface area contributed by atoms with Gasteiger partial charge in [-0.15, -0.1) is 0 Å². The molecule has 0 bridgehead atoms. The molecule has 2 aliphatic rings. The number of benzene rings is 3. The van der Waals surface area contributed by atoms with Gasteiger partial charge < -0.3 is 19.7 Å². The first kappa shape index (κ1) is 39.1. The van der Waals surface area contributed by atoms with Crippen molar-refractivity contribution < 1.29 is 67.0 Å². The maximum absolute atomic E-state index is 14.6. The normalized spacial score (nSPS) is 19.8. The van der Waals surface area contributed by atoms with Crippen LogP contribution in [0.2, 0.25) is 0 Å². The molecule has 2 amide bonds. The molecule has 1 N–H and O–H groups in total. The Morgan fingerprint density at radius 1 is 0.846 bits per heavy atom. The second-order valence-electron chi connectivity index (χ2n) is 12.5. The lowest BCUT2D eigenvalue weighted by molar-refractivity contribution is -0.392. The van der Waals surface area contributed by atoms with E-state index in [1.54, 1.807) is 0 Å². The number of hydrogen-bond acceptors (Lipinski definition) is 6. The van der Waals surface area contributed by atoms with Crippen LogP contribution in [0.5, 0.6) is 0 Å². The number of alkyl halides is 6. The lowest BCUT2D eigenvalue weighted by Crippen LogP contribution is -2.61. The molecule has 0 spiro atoms. The average molecular weight is 767 g/mol. The molecule has 2 saturated heterocycles. The summed E-state index contributed by atoms with van der Waals surface area (Å²) in [4.78, 5) is 26.8. The third-order valence-electron chi connectivity index (χ3n) is 9.44. The van der Waals surface area contributed by atoms with E-state index in [0.29, 0.717) is 36.4 Å². The minimum Gasteiger partial charge on any atom is -0.381 e. The third-order valence-corrected chi connectivity index (χ3v) is 11.9. The van der Waals surface area contributed by atoms with Crippen molar-refractivity contribution in [2.24, 2.45) is 0 Å². The molecule has 1 atom stereocenters. The Hall–Kier alpha value is -4.16. The number of nitrogens with one attached hydrogen (secondary N) is 1. The molecule has 3 aromatic carbocycles. The van der Waals surface area contributed by atoms with Crippen molar-refractivity contribution in [3.63, 3.8) is 0 Å². The maximum Gasteiger partial charge on any atom is 0.430 e. The predicted molar refractivity (Wildman–Crippen MR) is 164 cm³/mol. The Labute approximate surface area is 291 Å². The van der Waals surface area contributed by atoms with E-state index in [4.69, 9.17) is 4.74 Å². The Morgan fingerprint density at radius 3 is 1.92 bits per heavy atom. The third kappa shape index (κ3) is 6.75. The molecular formula is C34H31F9N2O6S. The largest absolute Gasteiger partial charge is 0.430 e. The SMILES string of the molecule is CC(=O)NC1(C(=O)N2CCC(c3ccc(C(OCc4c(F)cccc4F)(C(F)(F)F)C(F)(F)F)cc3)(S(=O)(=O)c3ccc(F)cc3)C2)CCOCC1. The van der Waals surface area contributed by atoms with E-state index in [0.717, 1.165) is 35.2 Å². The molecule has 0 aromatic heterocycles. The van der Waals surface area contributed by atoms with Gasteiger partial charge in [0.05, 0.1) is 11.5 Å². The van der Waals surface area contributed by atoms with Gasteiger partial charge in [0.15, 0.2) is 9.84 Å². The zero-order valence-corrected chi connectivity index (χ0v) is 28.0. The van der Waals surface area contributed by atoms with Crippen molar-refractivity contribution in [2.45, 2.75) is 65.9 Å². The highest BCUT2D eigenvalue weighted by atomic mass is 32.2. The fraction of sp³-hybridized carbons (Fsp3) is 0.412. The number of carbonyl (C=O) groups is 2. The topological polar surface area (TPSA) is 102 Å². The molecule has 2 heterocycles. The molecule has 52 heavy (non-hydrogen) atoms. The summed E-state index contributed by atoms with van der Waals surface area (Å²) < 4.78 is 166. The number of amides is 2. The Morgan fingerprint density at radius 2 is 1.40 bits per heavy atom. The number of ether oxygens (including phenoxy) is 2. The number of rotatable bonds is 9. The molecule has 1 unspecified atom stereocenters. The van der Waals surface area contributed by atoms with Gasteiger partial charge in [-0.05, 0) is 48.4 Å². The fourth-order valence-corrected chi connectivity index (χ4v) is 8.83. The van der Waals surface area contributed by atoms with Gasteiger partial charge in [0.2, 0.25) is 11.8 Å². The number of sulfone groups is 1. The number of nitrogens with zero attached hydrogens (tertiary/aromatic N) is 1.